The number of hydrogen-bond donors (Lipinski definition) is 1. The summed E-state index contributed by atoms with van der Waals surface area (Å²) in [5, 5.41) is 5.18. The first-order valence-electron chi connectivity index (χ1n) is 5.65. The van der Waals surface area contributed by atoms with E-state index in [-0.39, 0.29) is 11.8 Å². The first-order valence-corrected chi connectivity index (χ1v) is 6.53. The van der Waals surface area contributed by atoms with E-state index in [0.29, 0.717) is 18.2 Å². The molecule has 1 saturated heterocycles. The Hall–Kier alpha value is -1.27. The lowest BCUT2D eigenvalue weighted by Gasteiger charge is -2.29. The first-order chi connectivity index (χ1) is 8.28. The molecule has 0 spiro atoms. The Labute approximate surface area is 104 Å². The van der Waals surface area contributed by atoms with E-state index in [4.69, 9.17) is 0 Å². The van der Waals surface area contributed by atoms with E-state index in [1.807, 2.05) is 10.3 Å². The van der Waals surface area contributed by atoms with Crippen molar-refractivity contribution in [3.63, 3.8) is 0 Å². The van der Waals surface area contributed by atoms with Gasteiger partial charge >= 0.3 is 0 Å². The third-order valence-electron chi connectivity index (χ3n) is 2.78. The number of amides is 1. The minimum absolute atomic E-state index is 0.0634. The van der Waals surface area contributed by atoms with E-state index in [0.717, 1.165) is 25.7 Å². The summed E-state index contributed by atoms with van der Waals surface area (Å²) in [6, 6.07) is 0. The quantitative estimate of drug-likeness (QED) is 0.813. The van der Waals surface area contributed by atoms with Gasteiger partial charge in [-0.3, -0.25) is 9.69 Å². The number of carbonyl (C=O) groups is 2. The van der Waals surface area contributed by atoms with Crippen molar-refractivity contribution in [2.45, 2.75) is 12.8 Å². The van der Waals surface area contributed by atoms with Crippen LogP contribution in [0.2, 0.25) is 0 Å². The molecule has 0 bridgehead atoms. The van der Waals surface area contributed by atoms with Gasteiger partial charge in [0.2, 0.25) is 5.91 Å². The molecular formula is C11H15N3O2S. The number of rotatable bonds is 4. The van der Waals surface area contributed by atoms with Crippen LogP contribution in [-0.2, 0) is 9.59 Å². The fourth-order valence-electron chi connectivity index (χ4n) is 1.99. The number of piperidine rings is 1. The number of thiazole rings is 1. The molecule has 6 heteroatoms. The average Bonchev–Trinajstić information content (AvgIpc) is 2.82. The zero-order valence-electron chi connectivity index (χ0n) is 9.46. The van der Waals surface area contributed by atoms with Gasteiger partial charge in [0.25, 0.3) is 0 Å². The highest BCUT2D eigenvalue weighted by atomic mass is 32.1. The molecule has 1 unspecified atom stereocenters. The Morgan fingerprint density at radius 3 is 3.29 bits per heavy atom. The van der Waals surface area contributed by atoms with Crippen LogP contribution in [0.4, 0.5) is 5.13 Å². The van der Waals surface area contributed by atoms with E-state index in [2.05, 4.69) is 10.3 Å². The maximum absolute atomic E-state index is 11.7. The van der Waals surface area contributed by atoms with Gasteiger partial charge in [-0.25, -0.2) is 4.98 Å². The van der Waals surface area contributed by atoms with Crippen molar-refractivity contribution in [1.29, 1.82) is 0 Å². The molecule has 1 fully saturated rings. The predicted octanol–water partition coefficient (Wildman–Crippen LogP) is 0.992. The molecule has 92 valence electrons. The SMILES string of the molecule is O=CC1CCCN(CC(=O)Nc2nccs2)C1. The normalized spacial score (nSPS) is 21.1. The largest absolute Gasteiger partial charge is 0.303 e. The van der Waals surface area contributed by atoms with Crippen molar-refractivity contribution in [3.8, 4) is 0 Å². The fraction of sp³-hybridized carbons (Fsp3) is 0.545. The second kappa shape index (κ2) is 5.88. The van der Waals surface area contributed by atoms with Crippen LogP contribution in [-0.4, -0.2) is 41.7 Å². The number of nitrogens with zero attached hydrogens (tertiary/aromatic N) is 2. The molecule has 1 aromatic rings. The lowest BCUT2D eigenvalue weighted by atomic mass is 10.00. The summed E-state index contributed by atoms with van der Waals surface area (Å²) in [6.07, 6.45) is 4.57. The van der Waals surface area contributed by atoms with Crippen LogP contribution in [0.25, 0.3) is 0 Å². The van der Waals surface area contributed by atoms with Crippen LogP contribution in [0.1, 0.15) is 12.8 Å². The van der Waals surface area contributed by atoms with Gasteiger partial charge in [0, 0.05) is 24.0 Å². The van der Waals surface area contributed by atoms with Crippen LogP contribution < -0.4 is 5.32 Å². The minimum atomic E-state index is -0.0634. The molecule has 1 N–H and O–H groups in total. The molecule has 5 nitrogen and oxygen atoms in total. The van der Waals surface area contributed by atoms with Crippen molar-refractivity contribution < 1.29 is 9.59 Å². The van der Waals surface area contributed by atoms with Gasteiger partial charge in [-0.2, -0.15) is 0 Å². The van der Waals surface area contributed by atoms with Gasteiger partial charge in [-0.15, -0.1) is 11.3 Å². The molecular weight excluding hydrogens is 238 g/mol. The Morgan fingerprint density at radius 2 is 2.59 bits per heavy atom. The minimum Gasteiger partial charge on any atom is -0.303 e. The van der Waals surface area contributed by atoms with Crippen molar-refractivity contribution in [3.05, 3.63) is 11.6 Å². The lowest BCUT2D eigenvalue weighted by molar-refractivity contribution is -0.119. The summed E-state index contributed by atoms with van der Waals surface area (Å²) < 4.78 is 0. The summed E-state index contributed by atoms with van der Waals surface area (Å²) in [6.45, 7) is 1.91. The predicted molar refractivity (Wildman–Crippen MR) is 66.0 cm³/mol. The third-order valence-corrected chi connectivity index (χ3v) is 3.47. The highest BCUT2D eigenvalue weighted by molar-refractivity contribution is 7.13. The van der Waals surface area contributed by atoms with Crippen LogP contribution >= 0.6 is 11.3 Å². The monoisotopic (exact) mass is 253 g/mol. The Bertz CT molecular complexity index is 380. The Balaban J connectivity index is 1.80. The highest BCUT2D eigenvalue weighted by Gasteiger charge is 2.21. The highest BCUT2D eigenvalue weighted by Crippen LogP contribution is 2.15. The zero-order chi connectivity index (χ0) is 12.1. The lowest BCUT2D eigenvalue weighted by Crippen LogP contribution is -2.40. The topological polar surface area (TPSA) is 62.3 Å². The number of likely N-dealkylation sites (tertiary alicyclic amines) is 1. The van der Waals surface area contributed by atoms with Gasteiger partial charge in [-0.05, 0) is 19.4 Å². The second-order valence-corrected chi connectivity index (χ2v) is 5.05. The van der Waals surface area contributed by atoms with Gasteiger partial charge in [0.15, 0.2) is 5.13 Å². The number of aldehydes is 1. The summed E-state index contributed by atoms with van der Waals surface area (Å²) in [5.41, 5.74) is 0. The third kappa shape index (κ3) is 3.61. The molecule has 0 aromatic carbocycles. The zero-order valence-corrected chi connectivity index (χ0v) is 10.3. The van der Waals surface area contributed by atoms with Crippen molar-refractivity contribution in [1.82, 2.24) is 9.88 Å². The molecule has 0 aliphatic carbocycles. The molecule has 1 aliphatic heterocycles. The van der Waals surface area contributed by atoms with Crippen LogP contribution in [0.15, 0.2) is 11.6 Å². The summed E-state index contributed by atoms with van der Waals surface area (Å²) >= 11 is 1.40. The molecule has 1 amide bonds. The molecule has 0 radical (unpaired) electrons. The standard InChI is InChI=1S/C11H15N3O2S/c15-8-9-2-1-4-14(6-9)7-10(16)13-11-12-3-5-17-11/h3,5,8-9H,1-2,4,6-7H2,(H,12,13,16). The number of nitrogens with one attached hydrogen (secondary N) is 1. The number of aromatic nitrogens is 1. The van der Waals surface area contributed by atoms with Gasteiger partial charge < -0.3 is 10.1 Å². The maximum atomic E-state index is 11.7. The van der Waals surface area contributed by atoms with Crippen molar-refractivity contribution in [2.24, 2.45) is 5.92 Å². The first kappa shape index (κ1) is 12.2. The fourth-order valence-corrected chi connectivity index (χ4v) is 2.54. The smallest absolute Gasteiger partial charge is 0.240 e. The molecule has 1 atom stereocenters. The van der Waals surface area contributed by atoms with Crippen LogP contribution in [0, 0.1) is 5.92 Å². The number of anilines is 1. The van der Waals surface area contributed by atoms with Gasteiger partial charge in [0.1, 0.15) is 6.29 Å². The van der Waals surface area contributed by atoms with E-state index in [1.165, 1.54) is 11.3 Å². The van der Waals surface area contributed by atoms with Gasteiger partial charge in [-0.1, -0.05) is 0 Å². The number of hydrogen-bond acceptors (Lipinski definition) is 5. The molecule has 2 heterocycles. The van der Waals surface area contributed by atoms with Crippen LogP contribution in [0.3, 0.4) is 0 Å². The molecule has 2 rings (SSSR count). The molecule has 1 aromatic heterocycles. The van der Waals surface area contributed by atoms with E-state index in [1.54, 1.807) is 6.20 Å². The average molecular weight is 253 g/mol. The molecule has 0 saturated carbocycles. The summed E-state index contributed by atoms with van der Waals surface area (Å²) in [5.74, 6) is 0.0166. The summed E-state index contributed by atoms with van der Waals surface area (Å²) in [4.78, 5) is 28.4. The molecule has 1 aliphatic rings. The van der Waals surface area contributed by atoms with Crippen LogP contribution in [0.5, 0.6) is 0 Å². The molecule has 17 heavy (non-hydrogen) atoms. The Kier molecular flexibility index (Phi) is 4.22. The Morgan fingerprint density at radius 1 is 1.71 bits per heavy atom. The number of carbonyl (C=O) groups excluding carboxylic acids is 2. The summed E-state index contributed by atoms with van der Waals surface area (Å²) in [7, 11) is 0. The van der Waals surface area contributed by atoms with Crippen molar-refractivity contribution >= 4 is 28.7 Å². The maximum Gasteiger partial charge on any atom is 0.240 e. The van der Waals surface area contributed by atoms with E-state index in [9.17, 15) is 9.59 Å². The van der Waals surface area contributed by atoms with Gasteiger partial charge in [0.05, 0.1) is 6.54 Å². The second-order valence-electron chi connectivity index (χ2n) is 4.16. The van der Waals surface area contributed by atoms with Crippen molar-refractivity contribution in [2.75, 3.05) is 25.0 Å². The van der Waals surface area contributed by atoms with E-state index >= 15 is 0 Å². The van der Waals surface area contributed by atoms with E-state index < -0.39 is 0 Å².